The van der Waals surface area contributed by atoms with E-state index in [0.29, 0.717) is 5.71 Å². The van der Waals surface area contributed by atoms with Crippen LogP contribution in [-0.2, 0) is 0 Å². The fourth-order valence-electron chi connectivity index (χ4n) is 1.08. The number of rotatable bonds is 3. The zero-order valence-electron chi connectivity index (χ0n) is 7.67. The lowest BCUT2D eigenvalue weighted by molar-refractivity contribution is 0.415. The van der Waals surface area contributed by atoms with E-state index < -0.39 is 0 Å². The molecule has 0 spiro atoms. The van der Waals surface area contributed by atoms with Crippen molar-refractivity contribution in [3.63, 3.8) is 0 Å². The molecule has 2 heteroatoms. The zero-order valence-corrected chi connectivity index (χ0v) is 7.67. The van der Waals surface area contributed by atoms with Crippen molar-refractivity contribution in [3.05, 3.63) is 30.2 Å². The monoisotopic (exact) mass is 163 g/mol. The van der Waals surface area contributed by atoms with E-state index in [-0.39, 0.29) is 0 Å². The van der Waals surface area contributed by atoms with Crippen LogP contribution in [0, 0.1) is 11.8 Å². The van der Waals surface area contributed by atoms with Crippen molar-refractivity contribution >= 4 is 5.71 Å². The second-order valence-electron chi connectivity index (χ2n) is 3.21. The average Bonchev–Trinajstić information content (AvgIpc) is 2.03. The molecule has 0 aromatic carbocycles. The van der Waals surface area contributed by atoms with Gasteiger partial charge in [-0.15, -0.1) is 0 Å². The lowest BCUT2D eigenvalue weighted by Gasteiger charge is -2.08. The Morgan fingerprint density at radius 1 is 1.50 bits per heavy atom. The third kappa shape index (κ3) is 2.55. The highest BCUT2D eigenvalue weighted by Crippen LogP contribution is 2.11. The SMILES string of the molecule is CN(C)CCC1=CC=C[CH+]C1=N. The highest BCUT2D eigenvalue weighted by Gasteiger charge is 2.14. The van der Waals surface area contributed by atoms with E-state index in [4.69, 9.17) is 5.41 Å². The fourth-order valence-corrected chi connectivity index (χ4v) is 1.08. The Morgan fingerprint density at radius 3 is 2.83 bits per heavy atom. The maximum Gasteiger partial charge on any atom is 0.168 e. The predicted octanol–water partition coefficient (Wildman–Crippen LogP) is 1.66. The van der Waals surface area contributed by atoms with Gasteiger partial charge in [0.25, 0.3) is 0 Å². The molecule has 1 aliphatic rings. The van der Waals surface area contributed by atoms with Crippen molar-refractivity contribution in [1.29, 1.82) is 5.41 Å². The van der Waals surface area contributed by atoms with Crippen molar-refractivity contribution < 1.29 is 0 Å². The van der Waals surface area contributed by atoms with Gasteiger partial charge >= 0.3 is 0 Å². The number of allylic oxidation sites excluding steroid dienone is 3. The first-order valence-electron chi connectivity index (χ1n) is 4.14. The highest BCUT2D eigenvalue weighted by atomic mass is 15.0. The summed E-state index contributed by atoms with van der Waals surface area (Å²) in [7, 11) is 4.10. The van der Waals surface area contributed by atoms with Gasteiger partial charge in [0.2, 0.25) is 0 Å². The molecule has 0 unspecified atom stereocenters. The van der Waals surface area contributed by atoms with Crippen LogP contribution in [0.1, 0.15) is 6.42 Å². The molecular weight excluding hydrogens is 148 g/mol. The average molecular weight is 163 g/mol. The van der Waals surface area contributed by atoms with Gasteiger partial charge in [-0.05, 0) is 14.1 Å². The molecule has 1 N–H and O–H groups in total. The summed E-state index contributed by atoms with van der Waals surface area (Å²) >= 11 is 0. The third-order valence-corrected chi connectivity index (χ3v) is 1.85. The summed E-state index contributed by atoms with van der Waals surface area (Å²) in [6.45, 7) is 1.01. The van der Waals surface area contributed by atoms with Crippen molar-refractivity contribution in [2.45, 2.75) is 6.42 Å². The normalized spacial score (nSPS) is 16.2. The van der Waals surface area contributed by atoms with Crippen LogP contribution in [0.15, 0.2) is 23.8 Å². The maximum absolute atomic E-state index is 7.60. The molecule has 0 amide bonds. The summed E-state index contributed by atoms with van der Waals surface area (Å²) in [5.41, 5.74) is 1.78. The molecule has 0 aromatic rings. The van der Waals surface area contributed by atoms with Gasteiger partial charge in [0, 0.05) is 19.0 Å². The summed E-state index contributed by atoms with van der Waals surface area (Å²) in [5, 5.41) is 7.60. The summed E-state index contributed by atoms with van der Waals surface area (Å²) < 4.78 is 0. The van der Waals surface area contributed by atoms with Crippen LogP contribution in [0.4, 0.5) is 0 Å². The maximum atomic E-state index is 7.60. The Bertz CT molecular complexity index is 224. The second-order valence-corrected chi connectivity index (χ2v) is 3.21. The van der Waals surface area contributed by atoms with Gasteiger partial charge in [-0.1, -0.05) is 0 Å². The minimum atomic E-state index is 0.652. The van der Waals surface area contributed by atoms with Crippen molar-refractivity contribution in [2.75, 3.05) is 20.6 Å². The van der Waals surface area contributed by atoms with E-state index in [1.807, 2.05) is 38.7 Å². The Morgan fingerprint density at radius 2 is 2.25 bits per heavy atom. The van der Waals surface area contributed by atoms with Crippen LogP contribution in [0.25, 0.3) is 0 Å². The predicted molar refractivity (Wildman–Crippen MR) is 52.4 cm³/mol. The molecule has 2 nitrogen and oxygen atoms in total. The van der Waals surface area contributed by atoms with E-state index in [2.05, 4.69) is 4.90 Å². The summed E-state index contributed by atoms with van der Waals surface area (Å²) in [6.07, 6.45) is 8.72. The zero-order chi connectivity index (χ0) is 8.97. The second kappa shape index (κ2) is 4.12. The van der Waals surface area contributed by atoms with E-state index in [9.17, 15) is 0 Å². The van der Waals surface area contributed by atoms with Crippen LogP contribution in [-0.4, -0.2) is 31.3 Å². The van der Waals surface area contributed by atoms with Crippen LogP contribution < -0.4 is 0 Å². The van der Waals surface area contributed by atoms with Gasteiger partial charge in [-0.25, -0.2) is 0 Å². The quantitative estimate of drug-likeness (QED) is 0.629. The molecule has 0 heterocycles. The van der Waals surface area contributed by atoms with Gasteiger partial charge in [0.05, 0.1) is 24.1 Å². The highest BCUT2D eigenvalue weighted by molar-refractivity contribution is 6.06. The minimum absolute atomic E-state index is 0.652. The molecule has 0 saturated heterocycles. The van der Waals surface area contributed by atoms with Crippen LogP contribution in [0.5, 0.6) is 0 Å². The molecule has 0 aromatic heterocycles. The lowest BCUT2D eigenvalue weighted by Crippen LogP contribution is -2.16. The molecule has 12 heavy (non-hydrogen) atoms. The minimum Gasteiger partial charge on any atom is -0.308 e. The molecule has 1 rings (SSSR count). The van der Waals surface area contributed by atoms with Gasteiger partial charge in [0.1, 0.15) is 0 Å². The Hall–Kier alpha value is -1.02. The van der Waals surface area contributed by atoms with Gasteiger partial charge < -0.3 is 4.90 Å². The topological polar surface area (TPSA) is 27.1 Å². The molecule has 0 atom stereocenters. The number of nitrogens with zero attached hydrogens (tertiary/aromatic N) is 1. The summed E-state index contributed by atoms with van der Waals surface area (Å²) in [4.78, 5) is 2.13. The first kappa shape index (κ1) is 9.07. The van der Waals surface area contributed by atoms with Gasteiger partial charge in [-0.3, -0.25) is 5.41 Å². The van der Waals surface area contributed by atoms with Gasteiger partial charge in [0.15, 0.2) is 5.71 Å². The first-order chi connectivity index (χ1) is 5.70. The molecule has 0 fully saturated rings. The lowest BCUT2D eigenvalue weighted by atomic mass is 10.00. The first-order valence-corrected chi connectivity index (χ1v) is 4.14. The smallest absolute Gasteiger partial charge is 0.168 e. The van der Waals surface area contributed by atoms with Crippen molar-refractivity contribution in [2.24, 2.45) is 0 Å². The van der Waals surface area contributed by atoms with Crippen molar-refractivity contribution in [3.8, 4) is 0 Å². The van der Waals surface area contributed by atoms with E-state index in [1.165, 1.54) is 0 Å². The van der Waals surface area contributed by atoms with Crippen molar-refractivity contribution in [1.82, 2.24) is 4.90 Å². The molecule has 0 aliphatic heterocycles. The fraction of sp³-hybridized carbons (Fsp3) is 0.400. The Balaban J connectivity index is 2.45. The largest absolute Gasteiger partial charge is 0.308 e. The number of nitrogens with one attached hydrogen (secondary N) is 1. The van der Waals surface area contributed by atoms with Crippen LogP contribution >= 0.6 is 0 Å². The Kier molecular flexibility index (Phi) is 3.11. The summed E-state index contributed by atoms with van der Waals surface area (Å²) in [6, 6.07) is 0. The molecule has 1 aliphatic carbocycles. The third-order valence-electron chi connectivity index (χ3n) is 1.85. The molecule has 0 saturated carbocycles. The number of hydrogen-bond donors (Lipinski definition) is 1. The van der Waals surface area contributed by atoms with E-state index in [0.717, 1.165) is 18.5 Å². The van der Waals surface area contributed by atoms with Gasteiger partial charge in [-0.2, -0.15) is 0 Å². The number of hydrogen-bond acceptors (Lipinski definition) is 2. The van der Waals surface area contributed by atoms with Crippen LogP contribution in [0.2, 0.25) is 0 Å². The molecule has 0 radical (unpaired) electrons. The van der Waals surface area contributed by atoms with Crippen LogP contribution in [0.3, 0.4) is 0 Å². The molecule has 64 valence electrons. The summed E-state index contributed by atoms with van der Waals surface area (Å²) in [5.74, 6) is 0. The standard InChI is InChI=1S/C10H15N2/c1-12(2)8-7-9-5-3-4-6-10(9)11/h3-6,11H,7-8H2,1-2H3/q+1. The molecule has 0 bridgehead atoms. The Labute approximate surface area is 74.1 Å². The molecular formula is C10H15N2+. The van der Waals surface area contributed by atoms with E-state index in [1.54, 1.807) is 0 Å². The van der Waals surface area contributed by atoms with E-state index >= 15 is 0 Å².